The zero-order valence-electron chi connectivity index (χ0n) is 12.8. The van der Waals surface area contributed by atoms with E-state index in [1.54, 1.807) is 20.8 Å². The monoisotopic (exact) mass is 355 g/mol. The summed E-state index contributed by atoms with van der Waals surface area (Å²) >= 11 is 3.37. The molecule has 116 valence electrons. The van der Waals surface area contributed by atoms with E-state index in [1.807, 2.05) is 31.2 Å². The summed E-state index contributed by atoms with van der Waals surface area (Å²) in [5.74, 6) is -1.22. The Kier molecular flexibility index (Phi) is 5.96. The average Bonchev–Trinajstić information content (AvgIpc) is 2.35. The number of carboxylic acid groups (broad SMARTS) is 1. The molecule has 0 saturated heterocycles. The molecule has 2 atom stereocenters. The third-order valence-corrected chi connectivity index (χ3v) is 3.88. The van der Waals surface area contributed by atoms with Crippen molar-refractivity contribution in [3.8, 4) is 0 Å². The van der Waals surface area contributed by atoms with Crippen molar-refractivity contribution in [3.05, 3.63) is 34.3 Å². The molecule has 0 aliphatic carbocycles. The maximum absolute atomic E-state index is 12.1. The van der Waals surface area contributed by atoms with E-state index in [1.165, 1.54) is 0 Å². The van der Waals surface area contributed by atoms with Gasteiger partial charge in [0.15, 0.2) is 0 Å². The quantitative estimate of drug-likeness (QED) is 0.848. The topological polar surface area (TPSA) is 66.4 Å². The molecule has 0 spiro atoms. The lowest BCUT2D eigenvalue weighted by molar-refractivity contribution is -0.145. The zero-order valence-corrected chi connectivity index (χ0v) is 14.4. The summed E-state index contributed by atoms with van der Waals surface area (Å²) in [4.78, 5) is 23.3. The molecule has 1 amide bonds. The van der Waals surface area contributed by atoms with Crippen LogP contribution in [0.2, 0.25) is 0 Å². The summed E-state index contributed by atoms with van der Waals surface area (Å²) in [6.07, 6.45) is 0.265. The number of nitrogens with one attached hydrogen (secondary N) is 1. The van der Waals surface area contributed by atoms with E-state index < -0.39 is 17.4 Å². The van der Waals surface area contributed by atoms with Crippen LogP contribution in [0.5, 0.6) is 0 Å². The molecule has 1 unspecified atom stereocenters. The Morgan fingerprint density at radius 2 is 1.76 bits per heavy atom. The Bertz CT molecular complexity index is 505. The molecule has 1 rings (SSSR count). The predicted molar refractivity (Wildman–Crippen MR) is 86.2 cm³/mol. The van der Waals surface area contributed by atoms with Crippen molar-refractivity contribution in [2.45, 2.75) is 46.1 Å². The molecular formula is C16H22BrNO3. The molecule has 2 N–H and O–H groups in total. The standard InChI is InChI=1S/C16H22BrNO3/c1-10(11-5-7-12(17)8-6-11)9-13(19)18-14(15(20)21)16(2,3)4/h5-8,10,14H,9H2,1-4H3,(H,18,19)(H,20,21)/t10?,14-/m0/s1. The fourth-order valence-electron chi connectivity index (χ4n) is 2.06. The van der Waals surface area contributed by atoms with Gasteiger partial charge in [-0.2, -0.15) is 0 Å². The van der Waals surface area contributed by atoms with Gasteiger partial charge in [0.25, 0.3) is 0 Å². The van der Waals surface area contributed by atoms with Gasteiger partial charge in [-0.05, 0) is 29.0 Å². The molecule has 0 aromatic heterocycles. The van der Waals surface area contributed by atoms with E-state index in [2.05, 4.69) is 21.2 Å². The highest BCUT2D eigenvalue weighted by atomic mass is 79.9. The lowest BCUT2D eigenvalue weighted by Crippen LogP contribution is -2.49. The Morgan fingerprint density at radius 3 is 2.19 bits per heavy atom. The number of hydrogen-bond donors (Lipinski definition) is 2. The van der Waals surface area contributed by atoms with Gasteiger partial charge >= 0.3 is 5.97 Å². The summed E-state index contributed by atoms with van der Waals surface area (Å²) < 4.78 is 0.988. The third kappa shape index (κ3) is 5.50. The van der Waals surface area contributed by atoms with Gasteiger partial charge in [-0.1, -0.05) is 55.8 Å². The predicted octanol–water partition coefficient (Wildman–Crippen LogP) is 3.56. The van der Waals surface area contributed by atoms with Crippen LogP contribution in [-0.2, 0) is 9.59 Å². The molecule has 0 fully saturated rings. The molecule has 0 aliphatic heterocycles. The summed E-state index contributed by atoms with van der Waals surface area (Å²) in [5, 5.41) is 11.8. The molecule has 0 radical (unpaired) electrons. The van der Waals surface area contributed by atoms with Crippen molar-refractivity contribution in [1.29, 1.82) is 0 Å². The third-order valence-electron chi connectivity index (χ3n) is 3.35. The molecule has 4 nitrogen and oxygen atoms in total. The van der Waals surface area contributed by atoms with Crippen molar-refractivity contribution < 1.29 is 14.7 Å². The molecular weight excluding hydrogens is 334 g/mol. The lowest BCUT2D eigenvalue weighted by Gasteiger charge is -2.28. The number of benzene rings is 1. The van der Waals surface area contributed by atoms with E-state index in [-0.39, 0.29) is 18.2 Å². The van der Waals surface area contributed by atoms with Crippen LogP contribution in [0.4, 0.5) is 0 Å². The van der Waals surface area contributed by atoms with Crippen LogP contribution in [0.3, 0.4) is 0 Å². The van der Waals surface area contributed by atoms with Gasteiger partial charge in [-0.3, -0.25) is 4.79 Å². The Balaban J connectivity index is 2.68. The van der Waals surface area contributed by atoms with Crippen LogP contribution in [0, 0.1) is 5.41 Å². The van der Waals surface area contributed by atoms with E-state index in [0.29, 0.717) is 0 Å². The summed E-state index contributed by atoms with van der Waals surface area (Å²) in [5.41, 5.74) is 0.526. The number of carbonyl (C=O) groups is 2. The fourth-order valence-corrected chi connectivity index (χ4v) is 2.32. The van der Waals surface area contributed by atoms with E-state index in [4.69, 9.17) is 0 Å². The summed E-state index contributed by atoms with van der Waals surface area (Å²) in [6, 6.07) is 6.89. The van der Waals surface area contributed by atoms with Gasteiger partial charge in [-0.15, -0.1) is 0 Å². The highest BCUT2D eigenvalue weighted by molar-refractivity contribution is 9.10. The molecule has 0 saturated carbocycles. The molecule has 5 heteroatoms. The lowest BCUT2D eigenvalue weighted by atomic mass is 9.86. The van der Waals surface area contributed by atoms with Crippen LogP contribution in [0.15, 0.2) is 28.7 Å². The second-order valence-corrected chi connectivity index (χ2v) is 7.28. The first kappa shape index (κ1) is 17.7. The molecule has 0 heterocycles. The Labute approximate surface area is 134 Å². The largest absolute Gasteiger partial charge is 0.480 e. The normalized spacial score (nSPS) is 14.3. The maximum Gasteiger partial charge on any atom is 0.326 e. The number of halogens is 1. The second-order valence-electron chi connectivity index (χ2n) is 6.36. The number of hydrogen-bond acceptors (Lipinski definition) is 2. The maximum atomic E-state index is 12.1. The molecule has 0 aliphatic rings. The van der Waals surface area contributed by atoms with Crippen LogP contribution in [0.25, 0.3) is 0 Å². The molecule has 21 heavy (non-hydrogen) atoms. The highest BCUT2D eigenvalue weighted by Crippen LogP contribution is 2.23. The number of aliphatic carboxylic acids is 1. The van der Waals surface area contributed by atoms with Gasteiger partial charge in [-0.25, -0.2) is 4.79 Å². The zero-order chi connectivity index (χ0) is 16.2. The highest BCUT2D eigenvalue weighted by Gasteiger charge is 2.32. The second kappa shape index (κ2) is 7.07. The van der Waals surface area contributed by atoms with Crippen molar-refractivity contribution >= 4 is 27.8 Å². The van der Waals surface area contributed by atoms with E-state index in [9.17, 15) is 14.7 Å². The van der Waals surface area contributed by atoms with Gasteiger partial charge in [0.2, 0.25) is 5.91 Å². The number of carboxylic acids is 1. The first-order valence-electron chi connectivity index (χ1n) is 6.89. The van der Waals surface area contributed by atoms with E-state index in [0.717, 1.165) is 10.0 Å². The molecule has 1 aromatic rings. The van der Waals surface area contributed by atoms with Crippen LogP contribution < -0.4 is 5.32 Å². The van der Waals surface area contributed by atoms with Crippen molar-refractivity contribution in [2.75, 3.05) is 0 Å². The number of rotatable bonds is 5. The first-order valence-corrected chi connectivity index (χ1v) is 7.68. The van der Waals surface area contributed by atoms with Crippen molar-refractivity contribution in [1.82, 2.24) is 5.32 Å². The summed E-state index contributed by atoms with van der Waals surface area (Å²) in [7, 11) is 0. The average molecular weight is 356 g/mol. The van der Waals surface area contributed by atoms with Crippen LogP contribution >= 0.6 is 15.9 Å². The fraction of sp³-hybridized carbons (Fsp3) is 0.500. The van der Waals surface area contributed by atoms with Crippen molar-refractivity contribution in [3.63, 3.8) is 0 Å². The number of amides is 1. The Morgan fingerprint density at radius 1 is 1.24 bits per heavy atom. The minimum atomic E-state index is -1.01. The van der Waals surface area contributed by atoms with Gasteiger partial charge in [0, 0.05) is 10.9 Å². The van der Waals surface area contributed by atoms with Gasteiger partial charge < -0.3 is 10.4 Å². The smallest absolute Gasteiger partial charge is 0.326 e. The summed E-state index contributed by atoms with van der Waals surface area (Å²) in [6.45, 7) is 7.34. The number of carbonyl (C=O) groups excluding carboxylic acids is 1. The van der Waals surface area contributed by atoms with Crippen LogP contribution in [0.1, 0.15) is 45.6 Å². The minimum Gasteiger partial charge on any atom is -0.480 e. The molecule has 0 bridgehead atoms. The van der Waals surface area contributed by atoms with Crippen LogP contribution in [-0.4, -0.2) is 23.0 Å². The van der Waals surface area contributed by atoms with Crippen molar-refractivity contribution in [2.24, 2.45) is 5.41 Å². The van der Waals surface area contributed by atoms with Gasteiger partial charge in [0.1, 0.15) is 6.04 Å². The molecule has 1 aromatic carbocycles. The first-order chi connectivity index (χ1) is 9.61. The Hall–Kier alpha value is -1.36. The van der Waals surface area contributed by atoms with Gasteiger partial charge in [0.05, 0.1) is 0 Å². The van der Waals surface area contributed by atoms with E-state index >= 15 is 0 Å². The minimum absolute atomic E-state index is 0.0347. The SMILES string of the molecule is CC(CC(=O)N[C@@H](C(=O)O)C(C)(C)C)c1ccc(Br)cc1.